The molecule has 0 amide bonds. The first kappa shape index (κ1) is 20.4. The van der Waals surface area contributed by atoms with Gasteiger partial charge in [-0.3, -0.25) is 4.79 Å². The van der Waals surface area contributed by atoms with Crippen LogP contribution in [0.25, 0.3) is 0 Å². The molecule has 7 heteroatoms. The molecule has 0 aromatic heterocycles. The molecule has 0 saturated carbocycles. The molecule has 2 aliphatic rings. The zero-order chi connectivity index (χ0) is 20.6. The maximum Gasteiger partial charge on any atom is 0.314 e. The molecule has 1 fully saturated rings. The van der Waals surface area contributed by atoms with Crippen molar-refractivity contribution in [1.82, 2.24) is 4.31 Å². The van der Waals surface area contributed by atoms with E-state index in [0.29, 0.717) is 41.6 Å². The van der Waals surface area contributed by atoms with E-state index in [-0.39, 0.29) is 11.9 Å². The molecule has 2 aromatic carbocycles. The molecule has 0 radical (unpaired) electrons. The Kier molecular flexibility index (Phi) is 5.69. The smallest absolute Gasteiger partial charge is 0.314 e. The van der Waals surface area contributed by atoms with Crippen LogP contribution >= 0.6 is 11.6 Å². The van der Waals surface area contributed by atoms with Crippen molar-refractivity contribution in [1.29, 1.82) is 0 Å². The fourth-order valence-corrected chi connectivity index (χ4v) is 5.75. The van der Waals surface area contributed by atoms with Crippen molar-refractivity contribution < 1.29 is 17.9 Å². The average Bonchev–Trinajstić information content (AvgIpc) is 3.18. The molecule has 0 bridgehead atoms. The lowest BCUT2D eigenvalue weighted by Gasteiger charge is -2.30. The first-order chi connectivity index (χ1) is 13.8. The normalized spacial score (nSPS) is 17.9. The lowest BCUT2D eigenvalue weighted by molar-refractivity contribution is -0.140. The van der Waals surface area contributed by atoms with E-state index in [1.165, 1.54) is 9.87 Å². The number of carbonyl (C=O) groups excluding carboxylic acids is 1. The highest BCUT2D eigenvalue weighted by atomic mass is 35.5. The Morgan fingerprint density at radius 2 is 1.79 bits per heavy atom. The van der Waals surface area contributed by atoms with Crippen molar-refractivity contribution in [3.63, 3.8) is 0 Å². The van der Waals surface area contributed by atoms with Gasteiger partial charge in [0.15, 0.2) is 0 Å². The minimum Gasteiger partial charge on any atom is -0.425 e. The third-order valence-electron chi connectivity index (χ3n) is 5.79. The maximum absolute atomic E-state index is 13.0. The standard InChI is InChI=1S/C22H24ClNO4S/c1-15-5-8-20(23)21(13-15)28-22(25)17-9-11-24(12-10-17)29(26,27)19-7-6-16-3-2-4-18(16)14-19/h5-8,13-14,17H,2-4,9-12H2,1H3. The molecule has 2 aromatic rings. The van der Waals surface area contributed by atoms with Gasteiger partial charge in [-0.05, 0) is 80.0 Å². The molecule has 1 heterocycles. The number of rotatable bonds is 4. The van der Waals surface area contributed by atoms with Crippen LogP contribution in [0.5, 0.6) is 5.75 Å². The Morgan fingerprint density at radius 3 is 2.55 bits per heavy atom. The second-order valence-corrected chi connectivity index (χ2v) is 10.2. The second-order valence-electron chi connectivity index (χ2n) is 7.82. The molecule has 1 aliphatic carbocycles. The van der Waals surface area contributed by atoms with Crippen LogP contribution in [-0.2, 0) is 27.7 Å². The molecule has 1 saturated heterocycles. The molecule has 0 unspecified atom stereocenters. The van der Waals surface area contributed by atoms with Crippen LogP contribution in [0.15, 0.2) is 41.3 Å². The summed E-state index contributed by atoms with van der Waals surface area (Å²) in [6, 6.07) is 10.7. The number of aryl methyl sites for hydroxylation is 3. The zero-order valence-electron chi connectivity index (χ0n) is 16.4. The van der Waals surface area contributed by atoms with E-state index in [1.807, 2.05) is 25.1 Å². The number of hydrogen-bond donors (Lipinski definition) is 0. The zero-order valence-corrected chi connectivity index (χ0v) is 17.9. The van der Waals surface area contributed by atoms with Crippen molar-refractivity contribution in [2.75, 3.05) is 13.1 Å². The van der Waals surface area contributed by atoms with Gasteiger partial charge in [-0.2, -0.15) is 4.31 Å². The highest BCUT2D eigenvalue weighted by molar-refractivity contribution is 7.89. The minimum absolute atomic E-state index is 0.306. The van der Waals surface area contributed by atoms with Gasteiger partial charge in [-0.15, -0.1) is 0 Å². The highest BCUT2D eigenvalue weighted by Crippen LogP contribution is 2.30. The Morgan fingerprint density at radius 1 is 1.07 bits per heavy atom. The fraction of sp³-hybridized carbons (Fsp3) is 0.409. The van der Waals surface area contributed by atoms with Gasteiger partial charge in [0.25, 0.3) is 0 Å². The van der Waals surface area contributed by atoms with Gasteiger partial charge in [0.2, 0.25) is 10.0 Å². The van der Waals surface area contributed by atoms with Crippen LogP contribution in [-0.4, -0.2) is 31.8 Å². The van der Waals surface area contributed by atoms with Gasteiger partial charge in [-0.1, -0.05) is 23.7 Å². The SMILES string of the molecule is Cc1ccc(Cl)c(OC(=O)C2CCN(S(=O)(=O)c3ccc4c(c3)CCC4)CC2)c1. The largest absolute Gasteiger partial charge is 0.425 e. The number of nitrogens with zero attached hydrogens (tertiary/aromatic N) is 1. The summed E-state index contributed by atoms with van der Waals surface area (Å²) in [6.07, 6.45) is 3.92. The monoisotopic (exact) mass is 433 g/mol. The maximum atomic E-state index is 13.0. The summed E-state index contributed by atoms with van der Waals surface area (Å²) >= 11 is 6.11. The summed E-state index contributed by atoms with van der Waals surface area (Å²) in [6.45, 7) is 2.51. The van der Waals surface area contributed by atoms with E-state index in [2.05, 4.69) is 0 Å². The van der Waals surface area contributed by atoms with E-state index >= 15 is 0 Å². The summed E-state index contributed by atoms with van der Waals surface area (Å²) in [5.74, 6) is -0.338. The van der Waals surface area contributed by atoms with Crippen LogP contribution < -0.4 is 4.74 Å². The number of piperidine rings is 1. The Bertz CT molecular complexity index is 1040. The number of hydrogen-bond acceptors (Lipinski definition) is 4. The molecule has 1 aliphatic heterocycles. The van der Waals surface area contributed by atoms with E-state index in [9.17, 15) is 13.2 Å². The predicted molar refractivity (Wildman–Crippen MR) is 112 cm³/mol. The van der Waals surface area contributed by atoms with E-state index < -0.39 is 10.0 Å². The van der Waals surface area contributed by atoms with Crippen LogP contribution in [0, 0.1) is 12.8 Å². The van der Waals surface area contributed by atoms with Crippen molar-refractivity contribution in [3.8, 4) is 5.75 Å². The van der Waals surface area contributed by atoms with Gasteiger partial charge < -0.3 is 4.74 Å². The molecule has 0 atom stereocenters. The molecule has 154 valence electrons. The molecular formula is C22H24ClNO4S. The minimum atomic E-state index is -3.54. The lowest BCUT2D eigenvalue weighted by Crippen LogP contribution is -2.41. The summed E-state index contributed by atoms with van der Waals surface area (Å²) in [5.41, 5.74) is 3.34. The van der Waals surface area contributed by atoms with Gasteiger partial charge in [0.1, 0.15) is 5.75 Å². The van der Waals surface area contributed by atoms with Crippen molar-refractivity contribution in [2.45, 2.75) is 43.9 Å². The highest BCUT2D eigenvalue weighted by Gasteiger charge is 2.33. The Hall–Kier alpha value is -1.89. The average molecular weight is 434 g/mol. The lowest BCUT2D eigenvalue weighted by atomic mass is 9.98. The number of carbonyl (C=O) groups is 1. The Labute approximate surface area is 176 Å². The number of fused-ring (bicyclic) bond motifs is 1. The molecule has 5 nitrogen and oxygen atoms in total. The van der Waals surface area contributed by atoms with Crippen molar-refractivity contribution in [2.24, 2.45) is 5.92 Å². The van der Waals surface area contributed by atoms with E-state index in [1.54, 1.807) is 18.2 Å². The first-order valence-electron chi connectivity index (χ1n) is 9.94. The van der Waals surface area contributed by atoms with Gasteiger partial charge in [0.05, 0.1) is 15.8 Å². The van der Waals surface area contributed by atoms with Gasteiger partial charge in [-0.25, -0.2) is 8.42 Å². The van der Waals surface area contributed by atoms with Gasteiger partial charge >= 0.3 is 5.97 Å². The molecule has 0 spiro atoms. The number of esters is 1. The van der Waals surface area contributed by atoms with Crippen molar-refractivity contribution in [3.05, 3.63) is 58.1 Å². The third kappa shape index (κ3) is 4.20. The summed E-state index contributed by atoms with van der Waals surface area (Å²) in [4.78, 5) is 12.9. The van der Waals surface area contributed by atoms with Crippen LogP contribution in [0.2, 0.25) is 5.02 Å². The molecule has 4 rings (SSSR count). The molecule has 29 heavy (non-hydrogen) atoms. The summed E-state index contributed by atoms with van der Waals surface area (Å²) < 4.78 is 33.0. The predicted octanol–water partition coefficient (Wildman–Crippen LogP) is 4.14. The molecular weight excluding hydrogens is 410 g/mol. The number of halogens is 1. The number of sulfonamides is 1. The van der Waals surface area contributed by atoms with Gasteiger partial charge in [0, 0.05) is 13.1 Å². The van der Waals surface area contributed by atoms with E-state index in [0.717, 1.165) is 30.4 Å². The third-order valence-corrected chi connectivity index (χ3v) is 8.00. The van der Waals surface area contributed by atoms with Crippen LogP contribution in [0.3, 0.4) is 0 Å². The first-order valence-corrected chi connectivity index (χ1v) is 11.8. The second kappa shape index (κ2) is 8.09. The summed E-state index contributed by atoms with van der Waals surface area (Å²) in [7, 11) is -3.54. The van der Waals surface area contributed by atoms with E-state index in [4.69, 9.17) is 16.3 Å². The van der Waals surface area contributed by atoms with Crippen LogP contribution in [0.4, 0.5) is 0 Å². The Balaban J connectivity index is 1.41. The van der Waals surface area contributed by atoms with Crippen LogP contribution in [0.1, 0.15) is 36.0 Å². The fourth-order valence-electron chi connectivity index (χ4n) is 4.07. The van der Waals surface area contributed by atoms with Crippen molar-refractivity contribution >= 4 is 27.6 Å². The topological polar surface area (TPSA) is 63.7 Å². The quantitative estimate of drug-likeness (QED) is 0.537. The summed E-state index contributed by atoms with van der Waals surface area (Å²) in [5, 5.41) is 0.389. The number of benzene rings is 2. The molecule has 0 N–H and O–H groups in total. The number of ether oxygens (including phenoxy) is 1.